The summed E-state index contributed by atoms with van der Waals surface area (Å²) in [7, 11) is 0. The number of rotatable bonds is 13. The Labute approximate surface area is 244 Å². The molecule has 0 radical (unpaired) electrons. The predicted molar refractivity (Wildman–Crippen MR) is 161 cm³/mol. The Balaban J connectivity index is 1.28. The monoisotopic (exact) mass is 559 g/mol. The lowest BCUT2D eigenvalue weighted by Crippen LogP contribution is -2.41. The van der Waals surface area contributed by atoms with E-state index in [2.05, 4.69) is 36.1 Å². The van der Waals surface area contributed by atoms with Crippen LogP contribution in [-0.2, 0) is 16.0 Å². The summed E-state index contributed by atoms with van der Waals surface area (Å²) in [5, 5.41) is 18.7. The molecule has 2 N–H and O–H groups in total. The summed E-state index contributed by atoms with van der Waals surface area (Å²) in [4.78, 5) is 25.3. The number of carboxylic acids is 2. The fraction of sp³-hybridized carbons (Fsp3) is 0.543. The summed E-state index contributed by atoms with van der Waals surface area (Å²) >= 11 is 0. The number of benzene rings is 1. The minimum absolute atomic E-state index is 0.196. The van der Waals surface area contributed by atoms with Gasteiger partial charge in [0.1, 0.15) is 12.4 Å². The van der Waals surface area contributed by atoms with Gasteiger partial charge in [-0.25, -0.2) is 4.79 Å². The van der Waals surface area contributed by atoms with E-state index in [1.54, 1.807) is 11.1 Å². The summed E-state index contributed by atoms with van der Waals surface area (Å²) < 4.78 is 6.48. The molecule has 1 aromatic rings. The van der Waals surface area contributed by atoms with Gasteiger partial charge in [0.25, 0.3) is 0 Å². The number of hydrogen-bond acceptors (Lipinski definition) is 4. The maximum absolute atomic E-state index is 11.6. The van der Waals surface area contributed by atoms with Crippen molar-refractivity contribution < 1.29 is 24.5 Å². The second-order valence-electron chi connectivity index (χ2n) is 12.3. The zero-order chi connectivity index (χ0) is 28.8. The quantitative estimate of drug-likeness (QED) is 0.246. The summed E-state index contributed by atoms with van der Waals surface area (Å²) in [6, 6.07) is 6.81. The van der Waals surface area contributed by atoms with Crippen molar-refractivity contribution in [3.8, 4) is 5.75 Å². The highest BCUT2D eigenvalue weighted by atomic mass is 16.5. The number of nitrogens with zero attached hydrogens (tertiary/aromatic N) is 1. The van der Waals surface area contributed by atoms with Crippen molar-refractivity contribution in [3.05, 3.63) is 74.9 Å². The standard InChI is InChI=1S/C35H45NO5/c1-24-12-13-26(33(19-24)41-23-25-20-27-7-2-3-8-28(27)21-25)16-18-36(17-5-4-11-34(37)38)32-10-6-9-29-22-30(35(39)40)14-15-31(29)32/h12-13,19-20,22,32H,2-11,14-18,21,23H2,1H3,(H,37,38)(H,39,40). The van der Waals surface area contributed by atoms with Gasteiger partial charge in [0.15, 0.2) is 0 Å². The van der Waals surface area contributed by atoms with E-state index >= 15 is 0 Å². The Morgan fingerprint density at radius 3 is 2.59 bits per heavy atom. The van der Waals surface area contributed by atoms with Gasteiger partial charge in [-0.05, 0) is 143 Å². The zero-order valence-electron chi connectivity index (χ0n) is 24.6. The lowest BCUT2D eigenvalue weighted by Gasteiger charge is -2.39. The van der Waals surface area contributed by atoms with Crippen LogP contribution in [0.3, 0.4) is 0 Å². The molecular formula is C35H45NO5. The van der Waals surface area contributed by atoms with E-state index in [0.29, 0.717) is 25.0 Å². The number of ether oxygens (including phenoxy) is 1. The lowest BCUT2D eigenvalue weighted by molar-refractivity contribution is -0.137. The Kier molecular flexibility index (Phi) is 9.81. The van der Waals surface area contributed by atoms with E-state index in [4.69, 9.17) is 9.84 Å². The van der Waals surface area contributed by atoms with Gasteiger partial charge in [0, 0.05) is 24.6 Å². The molecule has 4 aliphatic rings. The number of carbonyl (C=O) groups is 2. The molecule has 0 spiro atoms. The number of hydrogen-bond donors (Lipinski definition) is 2. The van der Waals surface area contributed by atoms with Crippen molar-refractivity contribution >= 4 is 11.9 Å². The Morgan fingerprint density at radius 1 is 0.951 bits per heavy atom. The molecule has 220 valence electrons. The van der Waals surface area contributed by atoms with E-state index in [1.165, 1.54) is 53.5 Å². The number of allylic oxidation sites excluding steroid dienone is 5. The SMILES string of the molecule is Cc1ccc(CCN(CCCCC(=O)O)C2CCCC3=C2CCC(C(=O)O)=C3)c(OCC2=CC3=C(CCCC3)C2)c1. The molecule has 6 nitrogen and oxygen atoms in total. The van der Waals surface area contributed by atoms with Gasteiger partial charge < -0.3 is 14.9 Å². The van der Waals surface area contributed by atoms with Crippen LogP contribution in [0, 0.1) is 6.92 Å². The van der Waals surface area contributed by atoms with Crippen LogP contribution < -0.4 is 4.74 Å². The smallest absolute Gasteiger partial charge is 0.331 e. The highest BCUT2D eigenvalue weighted by Crippen LogP contribution is 2.38. The third kappa shape index (κ3) is 7.59. The van der Waals surface area contributed by atoms with Crippen molar-refractivity contribution in [1.82, 2.24) is 4.90 Å². The van der Waals surface area contributed by atoms with E-state index in [9.17, 15) is 14.7 Å². The second-order valence-corrected chi connectivity index (χ2v) is 12.3. The molecule has 0 aliphatic heterocycles. The highest BCUT2D eigenvalue weighted by Gasteiger charge is 2.30. The van der Waals surface area contributed by atoms with Crippen LogP contribution in [0.5, 0.6) is 5.75 Å². The lowest BCUT2D eigenvalue weighted by atomic mass is 9.79. The normalized spacial score (nSPS) is 20.5. The fourth-order valence-corrected chi connectivity index (χ4v) is 7.13. The first-order chi connectivity index (χ1) is 19.9. The average Bonchev–Trinajstić information content (AvgIpc) is 3.39. The molecule has 4 aliphatic carbocycles. The zero-order valence-corrected chi connectivity index (χ0v) is 24.6. The van der Waals surface area contributed by atoms with E-state index in [0.717, 1.165) is 63.8 Å². The molecule has 41 heavy (non-hydrogen) atoms. The molecular weight excluding hydrogens is 514 g/mol. The predicted octanol–water partition coefficient (Wildman–Crippen LogP) is 7.33. The number of aryl methyl sites for hydroxylation is 1. The molecule has 5 rings (SSSR count). The molecule has 0 heterocycles. The van der Waals surface area contributed by atoms with Gasteiger partial charge in [0.2, 0.25) is 0 Å². The number of unbranched alkanes of at least 4 members (excludes halogenated alkanes) is 1. The van der Waals surface area contributed by atoms with Gasteiger partial charge in [-0.15, -0.1) is 0 Å². The summed E-state index contributed by atoms with van der Waals surface area (Å²) in [6.07, 6.45) is 17.4. The third-order valence-corrected chi connectivity index (χ3v) is 9.30. The van der Waals surface area contributed by atoms with E-state index < -0.39 is 11.9 Å². The third-order valence-electron chi connectivity index (χ3n) is 9.30. The molecule has 6 heteroatoms. The minimum Gasteiger partial charge on any atom is -0.489 e. The maximum Gasteiger partial charge on any atom is 0.331 e. The maximum atomic E-state index is 11.6. The van der Waals surface area contributed by atoms with Crippen molar-refractivity contribution in [2.24, 2.45) is 0 Å². The molecule has 1 atom stereocenters. The largest absolute Gasteiger partial charge is 0.489 e. The first-order valence-electron chi connectivity index (χ1n) is 15.6. The molecule has 0 saturated carbocycles. The summed E-state index contributed by atoms with van der Waals surface area (Å²) in [5.41, 5.74) is 10.1. The van der Waals surface area contributed by atoms with Crippen molar-refractivity contribution in [3.63, 3.8) is 0 Å². The van der Waals surface area contributed by atoms with Crippen molar-refractivity contribution in [1.29, 1.82) is 0 Å². The Hall–Kier alpha value is -3.12. The van der Waals surface area contributed by atoms with Gasteiger partial charge in [-0.1, -0.05) is 23.8 Å². The van der Waals surface area contributed by atoms with Crippen LogP contribution in [-0.4, -0.2) is 52.8 Å². The number of carboxylic acid groups (broad SMARTS) is 2. The van der Waals surface area contributed by atoms with Gasteiger partial charge in [-0.2, -0.15) is 0 Å². The molecule has 0 aromatic heterocycles. The summed E-state index contributed by atoms with van der Waals surface area (Å²) in [5.74, 6) is -0.579. The van der Waals surface area contributed by atoms with Crippen LogP contribution in [0.25, 0.3) is 0 Å². The molecule has 1 aromatic carbocycles. The fourth-order valence-electron chi connectivity index (χ4n) is 7.13. The Morgan fingerprint density at radius 2 is 1.78 bits per heavy atom. The number of aliphatic carboxylic acids is 2. The highest BCUT2D eigenvalue weighted by molar-refractivity contribution is 5.87. The van der Waals surface area contributed by atoms with Crippen molar-refractivity contribution in [2.75, 3.05) is 19.7 Å². The van der Waals surface area contributed by atoms with Crippen LogP contribution >= 0.6 is 0 Å². The van der Waals surface area contributed by atoms with E-state index in [-0.39, 0.29) is 12.5 Å². The van der Waals surface area contributed by atoms with E-state index in [1.807, 2.05) is 6.08 Å². The molecule has 0 amide bonds. The topological polar surface area (TPSA) is 87.1 Å². The molecule has 0 fully saturated rings. The van der Waals surface area contributed by atoms with Crippen molar-refractivity contribution in [2.45, 2.75) is 103 Å². The molecule has 0 bridgehead atoms. The first-order valence-corrected chi connectivity index (χ1v) is 15.6. The summed E-state index contributed by atoms with van der Waals surface area (Å²) in [6.45, 7) is 4.45. The van der Waals surface area contributed by atoms with Crippen LogP contribution in [0.4, 0.5) is 0 Å². The van der Waals surface area contributed by atoms with Gasteiger partial charge in [-0.3, -0.25) is 9.69 Å². The van der Waals surface area contributed by atoms with Crippen LogP contribution in [0.2, 0.25) is 0 Å². The first kappa shape index (κ1) is 29.4. The minimum atomic E-state index is -0.805. The van der Waals surface area contributed by atoms with Crippen LogP contribution in [0.15, 0.2) is 63.8 Å². The molecule has 1 unspecified atom stereocenters. The molecule has 0 saturated heterocycles. The second kappa shape index (κ2) is 13.7. The Bertz CT molecular complexity index is 1280. The average molecular weight is 560 g/mol. The van der Waals surface area contributed by atoms with Gasteiger partial charge in [0.05, 0.1) is 0 Å². The van der Waals surface area contributed by atoms with Gasteiger partial charge >= 0.3 is 11.9 Å². The van der Waals surface area contributed by atoms with Crippen LogP contribution in [0.1, 0.15) is 94.6 Å².